The van der Waals surface area contributed by atoms with E-state index in [0.717, 1.165) is 29.1 Å². The average Bonchev–Trinajstić information content (AvgIpc) is 3.39. The van der Waals surface area contributed by atoms with Gasteiger partial charge in [0.05, 0.1) is 16.6 Å². The average molecular weight is 420 g/mol. The molecule has 150 valence electrons. The number of hydrogen-bond donors (Lipinski definition) is 1. The van der Waals surface area contributed by atoms with Crippen molar-refractivity contribution in [2.24, 2.45) is 0 Å². The van der Waals surface area contributed by atoms with Crippen molar-refractivity contribution in [2.75, 3.05) is 0 Å². The first-order valence-corrected chi connectivity index (χ1v) is 10.1. The fraction of sp³-hybridized carbons (Fsp3) is 0.190. The van der Waals surface area contributed by atoms with Crippen LogP contribution in [0.5, 0.6) is 0 Å². The molecule has 0 radical (unpaired) electrons. The lowest BCUT2D eigenvalue weighted by Gasteiger charge is -2.05. The zero-order chi connectivity index (χ0) is 20.8. The maximum atomic E-state index is 13.1. The molecule has 0 spiro atoms. The number of nitrogens with zero attached hydrogens (tertiary/aromatic N) is 6. The van der Waals surface area contributed by atoms with Crippen LogP contribution in [0.4, 0.5) is 0 Å². The maximum Gasteiger partial charge on any atom is 0.268 e. The molecule has 0 fully saturated rings. The number of H-pyrrole nitrogens is 1. The lowest BCUT2D eigenvalue weighted by atomic mass is 10.0. The molecule has 1 N–H and O–H groups in total. The Kier molecular flexibility index (Phi) is 4.36. The molecule has 4 heterocycles. The van der Waals surface area contributed by atoms with Crippen LogP contribution in [0.3, 0.4) is 0 Å². The number of rotatable bonds is 4. The minimum Gasteiger partial charge on any atom is -0.268 e. The lowest BCUT2D eigenvalue weighted by molar-refractivity contribution is 0.885. The van der Waals surface area contributed by atoms with E-state index in [1.54, 1.807) is 16.9 Å². The van der Waals surface area contributed by atoms with Crippen LogP contribution in [-0.4, -0.2) is 34.3 Å². The summed E-state index contributed by atoms with van der Waals surface area (Å²) < 4.78 is 3.15. The molecule has 4 aromatic heterocycles. The van der Waals surface area contributed by atoms with Crippen LogP contribution in [0.2, 0.25) is 5.02 Å². The van der Waals surface area contributed by atoms with Gasteiger partial charge >= 0.3 is 0 Å². The molecule has 0 saturated carbocycles. The zero-order valence-electron chi connectivity index (χ0n) is 16.4. The molecule has 0 saturated heterocycles. The summed E-state index contributed by atoms with van der Waals surface area (Å²) in [7, 11) is 0. The second-order valence-electron chi connectivity index (χ2n) is 6.90. The fourth-order valence-corrected chi connectivity index (χ4v) is 3.71. The molecule has 9 heteroatoms. The molecule has 1 aromatic carbocycles. The molecule has 8 nitrogen and oxygen atoms in total. The molecule has 0 bridgehead atoms. The largest absolute Gasteiger partial charge is 0.268 e. The SMILES string of the molecule is CCc1nc(-n2ccc3c(cnc4c(-c5ccc(Cl)cc5)c(CC)nn43)c2=O)n[nH]1. The van der Waals surface area contributed by atoms with E-state index in [9.17, 15) is 4.79 Å². The second-order valence-corrected chi connectivity index (χ2v) is 7.34. The van der Waals surface area contributed by atoms with Gasteiger partial charge in [0.2, 0.25) is 0 Å². The van der Waals surface area contributed by atoms with E-state index < -0.39 is 0 Å². The Morgan fingerprint density at radius 3 is 2.60 bits per heavy atom. The Balaban J connectivity index is 1.75. The van der Waals surface area contributed by atoms with E-state index in [4.69, 9.17) is 16.7 Å². The highest BCUT2D eigenvalue weighted by molar-refractivity contribution is 6.30. The predicted octanol–water partition coefficient (Wildman–Crippen LogP) is 3.60. The van der Waals surface area contributed by atoms with Gasteiger partial charge in [-0.2, -0.15) is 10.1 Å². The first kappa shape index (κ1) is 18.5. The van der Waals surface area contributed by atoms with Gasteiger partial charge in [-0.05, 0) is 30.2 Å². The Bertz CT molecular complexity index is 1450. The van der Waals surface area contributed by atoms with Gasteiger partial charge < -0.3 is 0 Å². The van der Waals surface area contributed by atoms with Crippen molar-refractivity contribution in [1.29, 1.82) is 0 Å². The third-order valence-electron chi connectivity index (χ3n) is 5.12. The Hall–Kier alpha value is -3.52. The standard InChI is InChI=1S/C21H18ClN7O/c1-3-15-18(12-5-7-13(22)8-6-12)19-23-11-14-16(29(19)27-15)9-10-28(20(14)30)21-24-17(4-2)25-26-21/h5-11H,3-4H2,1-2H3,(H,24,25,26). The van der Waals surface area contributed by atoms with Crippen LogP contribution in [0.1, 0.15) is 25.4 Å². The quantitative estimate of drug-likeness (QED) is 0.480. The van der Waals surface area contributed by atoms with E-state index >= 15 is 0 Å². The summed E-state index contributed by atoms with van der Waals surface area (Å²) in [5.74, 6) is 1.04. The molecular formula is C21H18ClN7O. The number of hydrogen-bond acceptors (Lipinski definition) is 5. The number of nitrogens with one attached hydrogen (secondary N) is 1. The number of aromatic nitrogens is 7. The molecule has 0 unspecified atom stereocenters. The monoisotopic (exact) mass is 419 g/mol. The molecule has 0 aliphatic carbocycles. The summed E-state index contributed by atoms with van der Waals surface area (Å²) in [6, 6.07) is 9.45. The normalized spacial score (nSPS) is 11.6. The van der Waals surface area contributed by atoms with Gasteiger partial charge in [-0.3, -0.25) is 9.89 Å². The Morgan fingerprint density at radius 2 is 1.90 bits per heavy atom. The first-order chi connectivity index (χ1) is 14.6. The number of fused-ring (bicyclic) bond motifs is 3. The summed E-state index contributed by atoms with van der Waals surface area (Å²) in [6.45, 7) is 4.01. The fourth-order valence-electron chi connectivity index (χ4n) is 3.58. The van der Waals surface area contributed by atoms with Crippen LogP contribution in [-0.2, 0) is 12.8 Å². The van der Waals surface area contributed by atoms with Crippen molar-refractivity contribution in [3.8, 4) is 17.1 Å². The molecule has 5 aromatic rings. The molecule has 0 atom stereocenters. The minimum absolute atomic E-state index is 0.245. The smallest absolute Gasteiger partial charge is 0.268 e. The van der Waals surface area contributed by atoms with Crippen molar-refractivity contribution in [3.05, 3.63) is 69.6 Å². The van der Waals surface area contributed by atoms with Crippen molar-refractivity contribution in [3.63, 3.8) is 0 Å². The van der Waals surface area contributed by atoms with E-state index in [-0.39, 0.29) is 5.56 Å². The van der Waals surface area contributed by atoms with Crippen LogP contribution in [0.15, 0.2) is 47.5 Å². The minimum atomic E-state index is -0.245. The summed E-state index contributed by atoms with van der Waals surface area (Å²) >= 11 is 6.05. The van der Waals surface area contributed by atoms with Gasteiger partial charge in [0, 0.05) is 29.4 Å². The highest BCUT2D eigenvalue weighted by Crippen LogP contribution is 2.30. The zero-order valence-corrected chi connectivity index (χ0v) is 17.2. The number of pyridine rings is 1. The topological polar surface area (TPSA) is 93.8 Å². The molecule has 30 heavy (non-hydrogen) atoms. The maximum absolute atomic E-state index is 13.1. The molecular weight excluding hydrogens is 402 g/mol. The second kappa shape index (κ2) is 7.07. The number of aromatic amines is 1. The van der Waals surface area contributed by atoms with E-state index in [2.05, 4.69) is 20.2 Å². The van der Waals surface area contributed by atoms with Crippen molar-refractivity contribution in [2.45, 2.75) is 26.7 Å². The summed E-state index contributed by atoms with van der Waals surface area (Å²) in [6.07, 6.45) is 4.70. The van der Waals surface area contributed by atoms with Gasteiger partial charge in [0.25, 0.3) is 11.5 Å². The number of halogens is 1. The van der Waals surface area contributed by atoms with Gasteiger partial charge in [0.1, 0.15) is 5.82 Å². The lowest BCUT2D eigenvalue weighted by Crippen LogP contribution is -2.20. The Morgan fingerprint density at radius 1 is 1.10 bits per heavy atom. The summed E-state index contributed by atoms with van der Waals surface area (Å²) in [5.41, 5.74) is 3.97. The molecule has 0 aliphatic heterocycles. The number of benzene rings is 1. The molecule has 5 rings (SSSR count). The van der Waals surface area contributed by atoms with Crippen LogP contribution in [0, 0.1) is 0 Å². The third-order valence-corrected chi connectivity index (χ3v) is 5.37. The third kappa shape index (κ3) is 2.80. The highest BCUT2D eigenvalue weighted by atomic mass is 35.5. The highest BCUT2D eigenvalue weighted by Gasteiger charge is 2.18. The van der Waals surface area contributed by atoms with Crippen LogP contribution in [0.25, 0.3) is 33.6 Å². The van der Waals surface area contributed by atoms with Crippen molar-refractivity contribution < 1.29 is 0 Å². The Labute approximate surface area is 176 Å². The van der Waals surface area contributed by atoms with Crippen molar-refractivity contribution in [1.82, 2.24) is 34.3 Å². The molecule has 0 amide bonds. The van der Waals surface area contributed by atoms with Crippen molar-refractivity contribution >= 4 is 28.2 Å². The van der Waals surface area contributed by atoms with Crippen LogP contribution >= 0.6 is 11.6 Å². The first-order valence-electron chi connectivity index (χ1n) is 9.70. The number of aryl methyl sites for hydroxylation is 2. The van der Waals surface area contributed by atoms with Gasteiger partial charge in [-0.25, -0.2) is 14.1 Å². The van der Waals surface area contributed by atoms with E-state index in [0.29, 0.717) is 33.9 Å². The van der Waals surface area contributed by atoms with Crippen LogP contribution < -0.4 is 5.56 Å². The predicted molar refractivity (Wildman–Crippen MR) is 115 cm³/mol. The summed E-state index contributed by atoms with van der Waals surface area (Å²) in [4.78, 5) is 22.1. The van der Waals surface area contributed by atoms with Gasteiger partial charge in [-0.15, -0.1) is 5.10 Å². The summed E-state index contributed by atoms with van der Waals surface area (Å²) in [5, 5.41) is 12.8. The van der Waals surface area contributed by atoms with Gasteiger partial charge in [0.15, 0.2) is 5.65 Å². The van der Waals surface area contributed by atoms with Gasteiger partial charge in [-0.1, -0.05) is 37.6 Å². The van der Waals surface area contributed by atoms with E-state index in [1.165, 1.54) is 4.57 Å². The van der Waals surface area contributed by atoms with E-state index in [1.807, 2.05) is 44.2 Å². The molecule has 0 aliphatic rings.